The van der Waals surface area contributed by atoms with Crippen molar-refractivity contribution < 1.29 is 14.3 Å². The molecule has 0 spiro atoms. The average molecular weight is 311 g/mol. The molecule has 126 valence electrons. The summed E-state index contributed by atoms with van der Waals surface area (Å²) in [7, 11) is 0. The second-order valence-electron chi connectivity index (χ2n) is 6.59. The molecule has 2 amide bonds. The van der Waals surface area contributed by atoms with Gasteiger partial charge in [0, 0.05) is 52.1 Å². The van der Waals surface area contributed by atoms with Gasteiger partial charge in [-0.1, -0.05) is 0 Å². The molecule has 2 aliphatic heterocycles. The molecule has 2 fully saturated rings. The number of carbonyl (C=O) groups is 2. The Morgan fingerprint density at radius 3 is 2.27 bits per heavy atom. The molecule has 0 aliphatic carbocycles. The van der Waals surface area contributed by atoms with E-state index in [1.54, 1.807) is 6.92 Å². The molecule has 0 radical (unpaired) electrons. The fraction of sp³-hybridized carbons (Fsp3) is 0.875. The quantitative estimate of drug-likeness (QED) is 0.820. The van der Waals surface area contributed by atoms with Gasteiger partial charge in [0.25, 0.3) is 0 Å². The first kappa shape index (κ1) is 17.2. The van der Waals surface area contributed by atoms with Gasteiger partial charge >= 0.3 is 0 Å². The Labute approximate surface area is 133 Å². The minimum Gasteiger partial charge on any atom is -0.373 e. The second kappa shape index (κ2) is 7.92. The zero-order chi connectivity index (χ0) is 16.1. The minimum atomic E-state index is 0.0538. The van der Waals surface area contributed by atoms with Gasteiger partial charge in [0.1, 0.15) is 0 Å². The number of nitrogens with zero attached hydrogens (tertiary/aromatic N) is 2. The van der Waals surface area contributed by atoms with Crippen LogP contribution in [0.25, 0.3) is 0 Å². The van der Waals surface area contributed by atoms with Gasteiger partial charge in [0.15, 0.2) is 0 Å². The van der Waals surface area contributed by atoms with E-state index < -0.39 is 0 Å². The van der Waals surface area contributed by atoms with Gasteiger partial charge in [0.05, 0.1) is 12.2 Å². The fourth-order valence-electron chi connectivity index (χ4n) is 3.41. The van der Waals surface area contributed by atoms with Crippen molar-refractivity contribution in [2.75, 3.05) is 39.3 Å². The van der Waals surface area contributed by atoms with Gasteiger partial charge in [-0.25, -0.2) is 0 Å². The van der Waals surface area contributed by atoms with Crippen LogP contribution in [0.4, 0.5) is 0 Å². The molecule has 0 aromatic carbocycles. The van der Waals surface area contributed by atoms with Crippen LogP contribution in [0.1, 0.15) is 33.6 Å². The Bertz CT molecular complexity index is 384. The van der Waals surface area contributed by atoms with Crippen molar-refractivity contribution in [1.82, 2.24) is 15.1 Å². The monoisotopic (exact) mass is 311 g/mol. The summed E-state index contributed by atoms with van der Waals surface area (Å²) in [6, 6.07) is 0. The topological polar surface area (TPSA) is 61.9 Å². The van der Waals surface area contributed by atoms with Crippen molar-refractivity contribution in [1.29, 1.82) is 0 Å². The molecule has 6 nitrogen and oxygen atoms in total. The predicted octanol–water partition coefficient (Wildman–Crippen LogP) is 0.470. The first-order chi connectivity index (χ1) is 10.5. The number of carbonyl (C=O) groups excluding carboxylic acids is 2. The highest BCUT2D eigenvalue weighted by Crippen LogP contribution is 2.17. The van der Waals surface area contributed by atoms with Crippen molar-refractivity contribution >= 4 is 11.8 Å². The lowest BCUT2D eigenvalue weighted by Crippen LogP contribution is -2.48. The van der Waals surface area contributed by atoms with E-state index in [0.717, 1.165) is 32.5 Å². The largest absolute Gasteiger partial charge is 0.373 e. The third-order valence-corrected chi connectivity index (χ3v) is 4.53. The van der Waals surface area contributed by atoms with Gasteiger partial charge < -0.3 is 15.0 Å². The molecule has 2 atom stereocenters. The van der Waals surface area contributed by atoms with Gasteiger partial charge in [-0.3, -0.25) is 14.5 Å². The molecular formula is C16H29N3O3. The van der Waals surface area contributed by atoms with Crippen LogP contribution in [0.15, 0.2) is 0 Å². The van der Waals surface area contributed by atoms with E-state index >= 15 is 0 Å². The van der Waals surface area contributed by atoms with E-state index in [1.807, 2.05) is 4.90 Å². The van der Waals surface area contributed by atoms with E-state index in [4.69, 9.17) is 4.74 Å². The van der Waals surface area contributed by atoms with E-state index in [2.05, 4.69) is 24.1 Å². The second-order valence-corrected chi connectivity index (χ2v) is 6.59. The highest BCUT2D eigenvalue weighted by molar-refractivity contribution is 5.79. The number of rotatable bonds is 4. The Morgan fingerprint density at radius 1 is 1.14 bits per heavy atom. The minimum absolute atomic E-state index is 0.0538. The third kappa shape index (κ3) is 4.95. The van der Waals surface area contributed by atoms with Crippen molar-refractivity contribution in [3.8, 4) is 0 Å². The number of nitrogens with one attached hydrogen (secondary N) is 1. The van der Waals surface area contributed by atoms with E-state index in [0.29, 0.717) is 19.6 Å². The predicted molar refractivity (Wildman–Crippen MR) is 84.4 cm³/mol. The fourth-order valence-corrected chi connectivity index (χ4v) is 3.41. The third-order valence-electron chi connectivity index (χ3n) is 4.53. The summed E-state index contributed by atoms with van der Waals surface area (Å²) in [5, 5.41) is 3.05. The Balaban J connectivity index is 1.65. The van der Waals surface area contributed by atoms with Gasteiger partial charge in [-0.05, 0) is 26.7 Å². The number of hydrogen-bond donors (Lipinski definition) is 1. The zero-order valence-corrected chi connectivity index (χ0v) is 14.0. The van der Waals surface area contributed by atoms with Crippen LogP contribution in [-0.2, 0) is 14.3 Å². The summed E-state index contributed by atoms with van der Waals surface area (Å²) in [6.07, 6.45) is 2.07. The molecule has 0 unspecified atom stereocenters. The molecule has 2 heterocycles. The van der Waals surface area contributed by atoms with Gasteiger partial charge in [0.2, 0.25) is 11.8 Å². The Hall–Kier alpha value is -1.14. The van der Waals surface area contributed by atoms with Crippen LogP contribution in [-0.4, -0.2) is 73.1 Å². The average Bonchev–Trinajstić information content (AvgIpc) is 2.46. The maximum absolute atomic E-state index is 12.2. The van der Waals surface area contributed by atoms with Gasteiger partial charge in [-0.2, -0.15) is 0 Å². The van der Waals surface area contributed by atoms with E-state index in [-0.39, 0.29) is 29.9 Å². The zero-order valence-electron chi connectivity index (χ0n) is 14.0. The number of piperidine rings is 1. The van der Waals surface area contributed by atoms with Crippen molar-refractivity contribution in [2.45, 2.75) is 45.8 Å². The summed E-state index contributed by atoms with van der Waals surface area (Å²) >= 11 is 0. The van der Waals surface area contributed by atoms with Crippen LogP contribution >= 0.6 is 0 Å². The van der Waals surface area contributed by atoms with Crippen LogP contribution in [0.2, 0.25) is 0 Å². The lowest BCUT2D eigenvalue weighted by atomic mass is 9.96. The molecule has 0 aromatic rings. The van der Waals surface area contributed by atoms with E-state index in [9.17, 15) is 9.59 Å². The normalized spacial score (nSPS) is 27.7. The maximum Gasteiger partial charge on any atom is 0.223 e. The lowest BCUT2D eigenvalue weighted by Gasteiger charge is -2.35. The summed E-state index contributed by atoms with van der Waals surface area (Å²) in [4.78, 5) is 27.6. The van der Waals surface area contributed by atoms with E-state index in [1.165, 1.54) is 0 Å². The molecule has 0 saturated carbocycles. The highest BCUT2D eigenvalue weighted by atomic mass is 16.5. The van der Waals surface area contributed by atoms with Gasteiger partial charge in [-0.15, -0.1) is 0 Å². The first-order valence-corrected chi connectivity index (χ1v) is 8.36. The lowest BCUT2D eigenvalue weighted by molar-refractivity contribution is -0.134. The van der Waals surface area contributed by atoms with Crippen molar-refractivity contribution in [3.63, 3.8) is 0 Å². The van der Waals surface area contributed by atoms with Crippen molar-refractivity contribution in [2.24, 2.45) is 5.92 Å². The molecular weight excluding hydrogens is 282 g/mol. The number of ether oxygens (including phenoxy) is 1. The summed E-state index contributed by atoms with van der Waals surface area (Å²) in [5.41, 5.74) is 0. The highest BCUT2D eigenvalue weighted by Gasteiger charge is 2.26. The van der Waals surface area contributed by atoms with Crippen molar-refractivity contribution in [3.05, 3.63) is 0 Å². The molecule has 1 N–H and O–H groups in total. The van der Waals surface area contributed by atoms with Crippen LogP contribution < -0.4 is 5.32 Å². The Morgan fingerprint density at radius 2 is 1.73 bits per heavy atom. The Kier molecular flexibility index (Phi) is 6.20. The number of amides is 2. The van der Waals surface area contributed by atoms with Crippen LogP contribution in [0.5, 0.6) is 0 Å². The smallest absolute Gasteiger partial charge is 0.223 e. The molecule has 2 aliphatic rings. The van der Waals surface area contributed by atoms with Crippen LogP contribution in [0.3, 0.4) is 0 Å². The first-order valence-electron chi connectivity index (χ1n) is 8.36. The summed E-state index contributed by atoms with van der Waals surface area (Å²) < 4.78 is 5.71. The number of hydrogen-bond acceptors (Lipinski definition) is 4. The molecule has 22 heavy (non-hydrogen) atoms. The summed E-state index contributed by atoms with van der Waals surface area (Å²) in [5.74, 6) is 0.296. The molecule has 2 saturated heterocycles. The molecule has 2 rings (SSSR count). The number of likely N-dealkylation sites (tertiary alicyclic amines) is 1. The van der Waals surface area contributed by atoms with Crippen LogP contribution in [0, 0.1) is 5.92 Å². The molecule has 0 bridgehead atoms. The molecule has 6 heteroatoms. The standard InChI is InChI=1S/C16H29N3O3/c1-12-10-18(11-13(2)22-12)9-6-17-16(21)15-4-7-19(8-5-15)14(3)20/h12-13,15H,4-11H2,1-3H3,(H,17,21)/t12-,13-/m1/s1. The SMILES string of the molecule is CC(=O)N1CCC(C(=O)NCCN2C[C@@H](C)O[C@H](C)C2)CC1. The maximum atomic E-state index is 12.2. The number of morpholine rings is 1. The summed E-state index contributed by atoms with van der Waals surface area (Å²) in [6.45, 7) is 10.6. The molecule has 0 aromatic heterocycles.